The van der Waals surface area contributed by atoms with Crippen LogP contribution >= 0.6 is 31.9 Å². The maximum atomic E-state index is 12.2. The molecule has 0 aromatic heterocycles. The lowest BCUT2D eigenvalue weighted by Crippen LogP contribution is -2.26. The van der Waals surface area contributed by atoms with Crippen molar-refractivity contribution in [2.24, 2.45) is 5.10 Å². The van der Waals surface area contributed by atoms with Crippen LogP contribution in [0, 0.1) is 6.92 Å². The Kier molecular flexibility index (Phi) is 7.91. The van der Waals surface area contributed by atoms with Gasteiger partial charge in [0.05, 0.1) is 10.9 Å². The van der Waals surface area contributed by atoms with Gasteiger partial charge in [0, 0.05) is 21.9 Å². The molecular weight excluding hydrogens is 534 g/mol. The van der Waals surface area contributed by atoms with Gasteiger partial charge < -0.3 is 19.5 Å². The van der Waals surface area contributed by atoms with Gasteiger partial charge >= 0.3 is 0 Å². The van der Waals surface area contributed by atoms with Crippen molar-refractivity contribution in [1.82, 2.24) is 5.43 Å². The third kappa shape index (κ3) is 6.70. The highest BCUT2D eigenvalue weighted by Crippen LogP contribution is 2.33. The fourth-order valence-electron chi connectivity index (χ4n) is 2.67. The van der Waals surface area contributed by atoms with Crippen LogP contribution in [0.5, 0.6) is 17.2 Å². The van der Waals surface area contributed by atoms with Gasteiger partial charge in [-0.3, -0.25) is 9.59 Å². The number of halogens is 2. The first-order valence-corrected chi connectivity index (χ1v) is 11.0. The molecule has 0 atom stereocenters. The zero-order chi connectivity index (χ0) is 22.4. The highest BCUT2D eigenvalue weighted by Gasteiger charge is 2.13. The molecule has 2 aromatic rings. The first-order chi connectivity index (χ1) is 14.8. The quantitative estimate of drug-likeness (QED) is 0.395. The molecule has 1 aliphatic rings. The molecule has 0 unspecified atom stereocenters. The predicted molar refractivity (Wildman–Crippen MR) is 124 cm³/mol. The molecule has 0 bridgehead atoms. The van der Waals surface area contributed by atoms with Gasteiger partial charge in [-0.15, -0.1) is 0 Å². The molecule has 31 heavy (non-hydrogen) atoms. The largest absolute Gasteiger partial charge is 0.486 e. The molecule has 10 heteroatoms. The minimum atomic E-state index is -0.431. The van der Waals surface area contributed by atoms with Crippen molar-refractivity contribution in [3.8, 4) is 17.2 Å². The number of carbonyl (C=O) groups is 2. The highest BCUT2D eigenvalue weighted by atomic mass is 79.9. The molecule has 0 aliphatic carbocycles. The molecular formula is C21H21Br2N3O5. The molecule has 2 aromatic carbocycles. The SMILES string of the molecule is C/C(CC(=O)Nc1ccc2c(c1)OCCO2)=N\NC(=O)COc1cc(C)c(Br)cc1Br. The van der Waals surface area contributed by atoms with Crippen LogP contribution < -0.4 is 25.0 Å². The fraction of sp³-hybridized carbons (Fsp3) is 0.286. The van der Waals surface area contributed by atoms with Crippen molar-refractivity contribution < 1.29 is 23.8 Å². The number of hydrogen-bond acceptors (Lipinski definition) is 6. The second-order valence-electron chi connectivity index (χ2n) is 6.79. The van der Waals surface area contributed by atoms with Crippen molar-refractivity contribution in [2.45, 2.75) is 20.3 Å². The summed E-state index contributed by atoms with van der Waals surface area (Å²) in [5.74, 6) is 1.10. The minimum absolute atomic E-state index is 0.0209. The molecule has 1 heterocycles. The maximum Gasteiger partial charge on any atom is 0.277 e. The van der Waals surface area contributed by atoms with Crippen LogP contribution in [-0.2, 0) is 9.59 Å². The zero-order valence-electron chi connectivity index (χ0n) is 17.0. The first-order valence-electron chi connectivity index (χ1n) is 9.42. The van der Waals surface area contributed by atoms with Crippen LogP contribution in [0.25, 0.3) is 0 Å². The molecule has 0 radical (unpaired) electrons. The summed E-state index contributed by atoms with van der Waals surface area (Å²) in [7, 11) is 0. The van der Waals surface area contributed by atoms with E-state index in [0.717, 1.165) is 14.5 Å². The first kappa shape index (κ1) is 23.1. The van der Waals surface area contributed by atoms with Gasteiger partial charge in [-0.25, -0.2) is 5.43 Å². The Hall–Kier alpha value is -2.59. The molecule has 2 amide bonds. The van der Waals surface area contributed by atoms with Gasteiger partial charge in [0.15, 0.2) is 18.1 Å². The lowest BCUT2D eigenvalue weighted by molar-refractivity contribution is -0.123. The number of anilines is 1. The van der Waals surface area contributed by atoms with Crippen molar-refractivity contribution in [3.05, 3.63) is 44.8 Å². The summed E-state index contributed by atoms with van der Waals surface area (Å²) in [5.41, 5.74) is 4.41. The number of ether oxygens (including phenoxy) is 3. The standard InChI is InChI=1S/C21H21Br2N3O5/c1-12-7-18(16(23)10-15(12)22)31-11-21(28)26-25-13(2)8-20(27)24-14-3-4-17-19(9-14)30-6-5-29-17/h3-4,7,9-10H,5-6,8,11H2,1-2H3,(H,24,27)(H,26,28)/b25-13+. The fourth-order valence-corrected chi connectivity index (χ4v) is 3.78. The van der Waals surface area contributed by atoms with Crippen molar-refractivity contribution >= 4 is 55.1 Å². The Morgan fingerprint density at radius 2 is 1.81 bits per heavy atom. The van der Waals surface area contributed by atoms with Crippen LogP contribution in [0.1, 0.15) is 18.9 Å². The normalized spacial score (nSPS) is 12.8. The van der Waals surface area contributed by atoms with Gasteiger partial charge in [-0.1, -0.05) is 15.9 Å². The molecule has 0 saturated carbocycles. The van der Waals surface area contributed by atoms with Gasteiger partial charge in [0.25, 0.3) is 5.91 Å². The minimum Gasteiger partial charge on any atom is -0.486 e. The summed E-state index contributed by atoms with van der Waals surface area (Å²) in [6.07, 6.45) is 0.0209. The van der Waals surface area contributed by atoms with Crippen LogP contribution in [0.15, 0.2) is 44.4 Å². The van der Waals surface area contributed by atoms with Gasteiger partial charge in [0.2, 0.25) is 5.91 Å². The van der Waals surface area contributed by atoms with Crippen molar-refractivity contribution in [2.75, 3.05) is 25.1 Å². The number of benzene rings is 2. The summed E-state index contributed by atoms with van der Waals surface area (Å²) in [4.78, 5) is 24.2. The number of hydrazone groups is 1. The number of hydrogen-bond donors (Lipinski definition) is 2. The zero-order valence-corrected chi connectivity index (χ0v) is 20.1. The number of amides is 2. The monoisotopic (exact) mass is 553 g/mol. The Labute approximate surface area is 196 Å². The van der Waals surface area contributed by atoms with E-state index in [0.29, 0.717) is 41.9 Å². The van der Waals surface area contributed by atoms with E-state index in [1.54, 1.807) is 25.1 Å². The number of fused-ring (bicyclic) bond motifs is 1. The topological polar surface area (TPSA) is 98.3 Å². The van der Waals surface area contributed by atoms with E-state index in [2.05, 4.69) is 47.7 Å². The summed E-state index contributed by atoms with van der Waals surface area (Å²) >= 11 is 6.83. The van der Waals surface area contributed by atoms with E-state index < -0.39 is 5.91 Å². The van der Waals surface area contributed by atoms with Gasteiger partial charge in [-0.2, -0.15) is 5.10 Å². The average molecular weight is 555 g/mol. The summed E-state index contributed by atoms with van der Waals surface area (Å²) in [6.45, 7) is 4.34. The average Bonchev–Trinajstić information content (AvgIpc) is 2.73. The van der Waals surface area contributed by atoms with Crippen molar-refractivity contribution in [1.29, 1.82) is 0 Å². The lowest BCUT2D eigenvalue weighted by Gasteiger charge is -2.19. The van der Waals surface area contributed by atoms with Crippen LogP contribution in [0.4, 0.5) is 5.69 Å². The molecule has 164 valence electrons. The van der Waals surface area contributed by atoms with Crippen LogP contribution in [0.2, 0.25) is 0 Å². The lowest BCUT2D eigenvalue weighted by atomic mass is 10.2. The van der Waals surface area contributed by atoms with E-state index >= 15 is 0 Å². The molecule has 2 N–H and O–H groups in total. The van der Waals surface area contributed by atoms with Crippen LogP contribution in [-0.4, -0.2) is 37.3 Å². The molecule has 1 aliphatic heterocycles. The summed E-state index contributed by atoms with van der Waals surface area (Å²) < 4.78 is 18.1. The van der Waals surface area contributed by atoms with Gasteiger partial charge in [0.1, 0.15) is 19.0 Å². The second kappa shape index (κ2) is 10.6. The third-order valence-electron chi connectivity index (χ3n) is 4.19. The smallest absolute Gasteiger partial charge is 0.277 e. The Morgan fingerprint density at radius 3 is 2.58 bits per heavy atom. The highest BCUT2D eigenvalue weighted by molar-refractivity contribution is 9.11. The van der Waals surface area contributed by atoms with E-state index in [1.165, 1.54) is 0 Å². The summed E-state index contributed by atoms with van der Waals surface area (Å²) in [5, 5.41) is 6.73. The van der Waals surface area contributed by atoms with Gasteiger partial charge in [-0.05, 0) is 59.6 Å². The summed E-state index contributed by atoms with van der Waals surface area (Å²) in [6, 6.07) is 8.86. The number of rotatable bonds is 7. The van der Waals surface area contributed by atoms with Crippen molar-refractivity contribution in [3.63, 3.8) is 0 Å². The van der Waals surface area contributed by atoms with E-state index in [9.17, 15) is 9.59 Å². The molecule has 0 fully saturated rings. The molecule has 0 saturated heterocycles. The molecule has 0 spiro atoms. The molecule has 3 rings (SSSR count). The Bertz CT molecular complexity index is 1030. The number of carbonyl (C=O) groups excluding carboxylic acids is 2. The van der Waals surface area contributed by atoms with E-state index in [1.807, 2.05) is 19.1 Å². The predicted octanol–water partition coefficient (Wildman–Crippen LogP) is 4.19. The Morgan fingerprint density at radius 1 is 1.06 bits per heavy atom. The molecule has 8 nitrogen and oxygen atoms in total. The third-order valence-corrected chi connectivity index (χ3v) is 5.66. The van der Waals surface area contributed by atoms with E-state index in [4.69, 9.17) is 14.2 Å². The number of nitrogens with one attached hydrogen (secondary N) is 2. The van der Waals surface area contributed by atoms with E-state index in [-0.39, 0.29) is 18.9 Å². The number of nitrogens with zero attached hydrogens (tertiary/aromatic N) is 1. The Balaban J connectivity index is 1.46. The maximum absolute atomic E-state index is 12.2. The second-order valence-corrected chi connectivity index (χ2v) is 8.49. The number of aryl methyl sites for hydroxylation is 1. The van der Waals surface area contributed by atoms with Crippen LogP contribution in [0.3, 0.4) is 0 Å².